The lowest BCUT2D eigenvalue weighted by Gasteiger charge is -2.01. The van der Waals surface area contributed by atoms with E-state index in [4.69, 9.17) is 10.2 Å². The van der Waals surface area contributed by atoms with Gasteiger partial charge in [0, 0.05) is 17.5 Å². The highest BCUT2D eigenvalue weighted by molar-refractivity contribution is 5.83. The summed E-state index contributed by atoms with van der Waals surface area (Å²) in [5.74, 6) is 0.228. The Kier molecular flexibility index (Phi) is 1.52. The zero-order chi connectivity index (χ0) is 8.55. The van der Waals surface area contributed by atoms with Gasteiger partial charge in [0.1, 0.15) is 11.3 Å². The highest BCUT2D eigenvalue weighted by Gasteiger charge is 2.06. The first-order valence-electron chi connectivity index (χ1n) is 3.71. The highest BCUT2D eigenvalue weighted by Crippen LogP contribution is 2.27. The van der Waals surface area contributed by atoms with Crippen LogP contribution in [-0.4, -0.2) is 5.11 Å². The fourth-order valence-electron chi connectivity index (χ4n) is 1.31. The predicted molar refractivity (Wildman–Crippen MR) is 45.8 cm³/mol. The lowest BCUT2D eigenvalue weighted by molar-refractivity contribution is 0.469. The minimum atomic E-state index is 0.228. The van der Waals surface area contributed by atoms with Crippen molar-refractivity contribution in [3.8, 4) is 5.75 Å². The van der Waals surface area contributed by atoms with Crippen LogP contribution >= 0.6 is 0 Å². The average molecular weight is 163 g/mol. The van der Waals surface area contributed by atoms with Crippen molar-refractivity contribution in [2.75, 3.05) is 0 Å². The predicted octanol–water partition coefficient (Wildman–Crippen LogP) is 1.60. The van der Waals surface area contributed by atoms with Gasteiger partial charge in [-0.1, -0.05) is 0 Å². The quantitative estimate of drug-likeness (QED) is 0.671. The fourth-order valence-corrected chi connectivity index (χ4v) is 1.31. The number of hydrogen-bond acceptors (Lipinski definition) is 3. The molecule has 0 spiro atoms. The summed E-state index contributed by atoms with van der Waals surface area (Å²) in [7, 11) is 0. The molecule has 0 saturated carbocycles. The van der Waals surface area contributed by atoms with Gasteiger partial charge in [-0.3, -0.25) is 0 Å². The number of furan rings is 1. The second-order valence-electron chi connectivity index (χ2n) is 2.60. The summed E-state index contributed by atoms with van der Waals surface area (Å²) in [6.07, 6.45) is 1.59. The normalized spacial score (nSPS) is 10.8. The van der Waals surface area contributed by atoms with Crippen molar-refractivity contribution in [3.05, 3.63) is 30.0 Å². The van der Waals surface area contributed by atoms with Crippen LogP contribution in [0.2, 0.25) is 0 Å². The van der Waals surface area contributed by atoms with E-state index in [1.807, 2.05) is 0 Å². The number of hydrogen-bond donors (Lipinski definition) is 2. The molecule has 0 aliphatic rings. The molecule has 0 saturated heterocycles. The first-order chi connectivity index (χ1) is 5.83. The molecule has 0 bridgehead atoms. The van der Waals surface area contributed by atoms with E-state index in [1.54, 1.807) is 24.5 Å². The molecule has 0 fully saturated rings. The molecule has 0 aliphatic carbocycles. The Labute approximate surface area is 69.4 Å². The van der Waals surface area contributed by atoms with Gasteiger partial charge in [-0.05, 0) is 18.2 Å². The van der Waals surface area contributed by atoms with Crippen LogP contribution in [0.1, 0.15) is 5.56 Å². The van der Waals surface area contributed by atoms with Crippen molar-refractivity contribution in [2.45, 2.75) is 6.54 Å². The van der Waals surface area contributed by atoms with Gasteiger partial charge in [0.25, 0.3) is 0 Å². The minimum absolute atomic E-state index is 0.228. The first-order valence-corrected chi connectivity index (χ1v) is 3.71. The van der Waals surface area contributed by atoms with E-state index < -0.39 is 0 Å². The molecule has 0 radical (unpaired) electrons. The van der Waals surface area contributed by atoms with Crippen LogP contribution < -0.4 is 5.73 Å². The van der Waals surface area contributed by atoms with Gasteiger partial charge >= 0.3 is 0 Å². The van der Waals surface area contributed by atoms with E-state index in [9.17, 15) is 5.11 Å². The topological polar surface area (TPSA) is 59.4 Å². The number of nitrogens with two attached hydrogens (primary N) is 1. The summed E-state index contributed by atoms with van der Waals surface area (Å²) in [5.41, 5.74) is 6.97. The van der Waals surface area contributed by atoms with E-state index >= 15 is 0 Å². The summed E-state index contributed by atoms with van der Waals surface area (Å²) >= 11 is 0. The summed E-state index contributed by atoms with van der Waals surface area (Å²) in [6.45, 7) is 0.322. The monoisotopic (exact) mass is 163 g/mol. The Morgan fingerprint density at radius 1 is 1.33 bits per heavy atom. The van der Waals surface area contributed by atoms with Crippen molar-refractivity contribution in [2.24, 2.45) is 5.73 Å². The largest absolute Gasteiger partial charge is 0.508 e. The molecule has 2 aromatic rings. The van der Waals surface area contributed by atoms with Crippen molar-refractivity contribution in [3.63, 3.8) is 0 Å². The maximum Gasteiger partial charge on any atom is 0.134 e. The zero-order valence-electron chi connectivity index (χ0n) is 6.45. The number of aromatic hydroxyl groups is 1. The van der Waals surface area contributed by atoms with E-state index in [-0.39, 0.29) is 5.75 Å². The van der Waals surface area contributed by atoms with Crippen LogP contribution in [0.4, 0.5) is 0 Å². The van der Waals surface area contributed by atoms with Gasteiger partial charge < -0.3 is 15.3 Å². The Hall–Kier alpha value is -1.48. The van der Waals surface area contributed by atoms with Crippen LogP contribution in [0, 0.1) is 0 Å². The molecule has 62 valence electrons. The third-order valence-corrected chi connectivity index (χ3v) is 1.93. The number of benzene rings is 1. The van der Waals surface area contributed by atoms with Crippen LogP contribution in [0.25, 0.3) is 11.0 Å². The Morgan fingerprint density at radius 3 is 2.92 bits per heavy atom. The third-order valence-electron chi connectivity index (χ3n) is 1.93. The van der Waals surface area contributed by atoms with Crippen LogP contribution in [-0.2, 0) is 6.54 Å². The number of fused-ring (bicyclic) bond motifs is 1. The van der Waals surface area contributed by atoms with Crippen molar-refractivity contribution in [1.29, 1.82) is 0 Å². The van der Waals surface area contributed by atoms with Gasteiger partial charge in [-0.15, -0.1) is 0 Å². The second kappa shape index (κ2) is 2.53. The molecule has 3 heteroatoms. The van der Waals surface area contributed by atoms with E-state index in [2.05, 4.69) is 0 Å². The summed E-state index contributed by atoms with van der Waals surface area (Å²) < 4.78 is 5.15. The molecule has 1 aromatic heterocycles. The molecule has 12 heavy (non-hydrogen) atoms. The lowest BCUT2D eigenvalue weighted by atomic mass is 10.1. The molecule has 2 rings (SSSR count). The summed E-state index contributed by atoms with van der Waals surface area (Å²) in [4.78, 5) is 0. The van der Waals surface area contributed by atoms with Gasteiger partial charge in [-0.25, -0.2) is 0 Å². The Bertz CT molecular complexity index is 406. The molecule has 1 heterocycles. The Morgan fingerprint density at radius 2 is 2.17 bits per heavy atom. The molecule has 3 N–H and O–H groups in total. The molecule has 0 amide bonds. The highest BCUT2D eigenvalue weighted by atomic mass is 16.3. The van der Waals surface area contributed by atoms with Gasteiger partial charge in [0.05, 0.1) is 6.26 Å². The van der Waals surface area contributed by atoms with Crippen LogP contribution in [0.3, 0.4) is 0 Å². The van der Waals surface area contributed by atoms with E-state index in [0.717, 1.165) is 16.5 Å². The van der Waals surface area contributed by atoms with E-state index in [0.29, 0.717) is 6.54 Å². The maximum absolute atomic E-state index is 9.41. The number of rotatable bonds is 1. The number of phenols is 1. The second-order valence-corrected chi connectivity index (χ2v) is 2.60. The van der Waals surface area contributed by atoms with Gasteiger partial charge in [0.2, 0.25) is 0 Å². The van der Waals surface area contributed by atoms with Crippen molar-refractivity contribution in [1.82, 2.24) is 0 Å². The SMILES string of the molecule is NCc1c(O)ccc2occc12. The van der Waals surface area contributed by atoms with Crippen LogP contribution in [0.5, 0.6) is 5.75 Å². The lowest BCUT2D eigenvalue weighted by Crippen LogP contribution is -1.96. The van der Waals surface area contributed by atoms with E-state index in [1.165, 1.54) is 0 Å². The molecule has 0 unspecified atom stereocenters. The summed E-state index contributed by atoms with van der Waals surface area (Å²) in [5, 5.41) is 10.3. The molecular formula is C9H9NO2. The molecular weight excluding hydrogens is 154 g/mol. The van der Waals surface area contributed by atoms with Crippen molar-refractivity contribution >= 4 is 11.0 Å². The summed E-state index contributed by atoms with van der Waals surface area (Å²) in [6, 6.07) is 5.12. The average Bonchev–Trinajstić information content (AvgIpc) is 2.52. The zero-order valence-corrected chi connectivity index (χ0v) is 6.45. The van der Waals surface area contributed by atoms with Gasteiger partial charge in [-0.2, -0.15) is 0 Å². The fraction of sp³-hybridized carbons (Fsp3) is 0.111. The van der Waals surface area contributed by atoms with Gasteiger partial charge in [0.15, 0.2) is 0 Å². The third kappa shape index (κ3) is 0.871. The molecule has 3 nitrogen and oxygen atoms in total. The maximum atomic E-state index is 9.41. The smallest absolute Gasteiger partial charge is 0.134 e. The number of phenolic OH excluding ortho intramolecular Hbond substituents is 1. The Balaban J connectivity index is 2.83. The van der Waals surface area contributed by atoms with Crippen molar-refractivity contribution < 1.29 is 9.52 Å². The standard InChI is InChI=1S/C9H9NO2/c10-5-7-6-3-4-12-9(6)2-1-8(7)11/h1-4,11H,5,10H2. The molecule has 1 aromatic carbocycles. The first kappa shape index (κ1) is 7.18. The van der Waals surface area contributed by atoms with Crippen LogP contribution in [0.15, 0.2) is 28.9 Å². The minimum Gasteiger partial charge on any atom is -0.508 e. The molecule has 0 aliphatic heterocycles. The molecule has 0 atom stereocenters.